The summed E-state index contributed by atoms with van der Waals surface area (Å²) in [5, 5.41) is 2.06. The van der Waals surface area contributed by atoms with Crippen molar-refractivity contribution in [2.45, 2.75) is 32.7 Å². The molecule has 1 aliphatic rings. The molecule has 7 nitrogen and oxygen atoms in total. The average Bonchev–Trinajstić information content (AvgIpc) is 3.64. The average molecular weight is 629 g/mol. The smallest absolute Gasteiger partial charge is 0.254 e. The van der Waals surface area contributed by atoms with E-state index in [2.05, 4.69) is 39.2 Å². The summed E-state index contributed by atoms with van der Waals surface area (Å²) in [5.74, 6) is 1.16. The second-order valence-electron chi connectivity index (χ2n) is 10.1. The zero-order valence-electron chi connectivity index (χ0n) is 23.5. The summed E-state index contributed by atoms with van der Waals surface area (Å²) in [5.41, 5.74) is 2.80. The SMILES string of the molecule is COc1ccc(CCN(Cc2sccc2C)C(=O)CN(CCN2CCCC2)C(=O)c2cccc(Br)c2)cc1OC. The normalized spacial score (nSPS) is 13.3. The number of hydrogen-bond donors (Lipinski definition) is 0. The third-order valence-electron chi connectivity index (χ3n) is 7.34. The molecule has 0 N–H and O–H groups in total. The van der Waals surface area contributed by atoms with E-state index in [1.54, 1.807) is 30.5 Å². The molecule has 40 heavy (non-hydrogen) atoms. The van der Waals surface area contributed by atoms with Crippen LogP contribution in [0.15, 0.2) is 58.4 Å². The number of methoxy groups -OCH3 is 2. The third-order valence-corrected chi connectivity index (χ3v) is 8.84. The molecule has 0 saturated carbocycles. The molecule has 1 aromatic heterocycles. The first kappa shape index (κ1) is 30.1. The number of carbonyl (C=O) groups is 2. The van der Waals surface area contributed by atoms with E-state index in [-0.39, 0.29) is 18.4 Å². The van der Waals surface area contributed by atoms with E-state index in [1.807, 2.05) is 47.4 Å². The summed E-state index contributed by atoms with van der Waals surface area (Å²) in [4.78, 5) is 34.7. The van der Waals surface area contributed by atoms with Crippen LogP contribution in [0.5, 0.6) is 11.5 Å². The summed E-state index contributed by atoms with van der Waals surface area (Å²) in [6.45, 7) is 6.51. The highest BCUT2D eigenvalue weighted by atomic mass is 79.9. The van der Waals surface area contributed by atoms with Crippen LogP contribution in [0.3, 0.4) is 0 Å². The first-order valence-corrected chi connectivity index (χ1v) is 15.3. The van der Waals surface area contributed by atoms with E-state index in [0.717, 1.165) is 34.5 Å². The largest absolute Gasteiger partial charge is 0.493 e. The molecule has 0 radical (unpaired) electrons. The fraction of sp³-hybridized carbons (Fsp3) is 0.419. The first-order chi connectivity index (χ1) is 19.4. The van der Waals surface area contributed by atoms with Gasteiger partial charge in [-0.2, -0.15) is 0 Å². The molecular formula is C31H38BrN3O4S. The van der Waals surface area contributed by atoms with Crippen molar-refractivity contribution in [1.29, 1.82) is 0 Å². The van der Waals surface area contributed by atoms with Gasteiger partial charge >= 0.3 is 0 Å². The van der Waals surface area contributed by atoms with Gasteiger partial charge in [-0.15, -0.1) is 11.3 Å². The molecule has 214 valence electrons. The van der Waals surface area contributed by atoms with E-state index in [0.29, 0.717) is 43.1 Å². The van der Waals surface area contributed by atoms with E-state index in [9.17, 15) is 9.59 Å². The van der Waals surface area contributed by atoms with Crippen molar-refractivity contribution < 1.29 is 19.1 Å². The quantitative estimate of drug-likeness (QED) is 0.245. The topological polar surface area (TPSA) is 62.3 Å². The molecule has 2 aromatic carbocycles. The lowest BCUT2D eigenvalue weighted by atomic mass is 10.1. The van der Waals surface area contributed by atoms with Crippen LogP contribution in [0.4, 0.5) is 0 Å². The molecule has 4 rings (SSSR count). The maximum absolute atomic E-state index is 13.9. The molecule has 0 spiro atoms. The molecule has 1 saturated heterocycles. The lowest BCUT2D eigenvalue weighted by molar-refractivity contribution is -0.132. The Bertz CT molecular complexity index is 1290. The van der Waals surface area contributed by atoms with Crippen LogP contribution in [0.25, 0.3) is 0 Å². The van der Waals surface area contributed by atoms with E-state index < -0.39 is 0 Å². The molecule has 3 aromatic rings. The zero-order chi connectivity index (χ0) is 28.5. The first-order valence-electron chi connectivity index (χ1n) is 13.7. The number of hydrogen-bond acceptors (Lipinski definition) is 6. The van der Waals surface area contributed by atoms with Gasteiger partial charge in [0.2, 0.25) is 5.91 Å². The lowest BCUT2D eigenvalue weighted by Gasteiger charge is -2.29. The maximum Gasteiger partial charge on any atom is 0.254 e. The lowest BCUT2D eigenvalue weighted by Crippen LogP contribution is -2.45. The molecule has 9 heteroatoms. The molecular weight excluding hydrogens is 590 g/mol. The van der Waals surface area contributed by atoms with Crippen molar-refractivity contribution >= 4 is 39.1 Å². The highest BCUT2D eigenvalue weighted by molar-refractivity contribution is 9.10. The molecule has 1 aliphatic heterocycles. The summed E-state index contributed by atoms with van der Waals surface area (Å²) < 4.78 is 11.7. The highest BCUT2D eigenvalue weighted by Gasteiger charge is 2.25. The minimum absolute atomic E-state index is 0.0372. The number of ether oxygens (including phenoxy) is 2. The van der Waals surface area contributed by atoms with Gasteiger partial charge in [-0.25, -0.2) is 0 Å². The van der Waals surface area contributed by atoms with Gasteiger partial charge in [0.15, 0.2) is 11.5 Å². The predicted molar refractivity (Wildman–Crippen MR) is 163 cm³/mol. The van der Waals surface area contributed by atoms with E-state index >= 15 is 0 Å². The van der Waals surface area contributed by atoms with Crippen molar-refractivity contribution in [2.75, 3.05) is 53.5 Å². The van der Waals surface area contributed by atoms with Crippen molar-refractivity contribution in [3.05, 3.63) is 80.0 Å². The predicted octanol–water partition coefficient (Wildman–Crippen LogP) is 5.65. The van der Waals surface area contributed by atoms with Gasteiger partial charge < -0.3 is 24.2 Å². The second kappa shape index (κ2) is 14.7. The second-order valence-corrected chi connectivity index (χ2v) is 12.0. The van der Waals surface area contributed by atoms with Crippen molar-refractivity contribution in [3.63, 3.8) is 0 Å². The van der Waals surface area contributed by atoms with Crippen LogP contribution in [-0.2, 0) is 17.8 Å². The summed E-state index contributed by atoms with van der Waals surface area (Å²) >= 11 is 5.13. The Hall–Kier alpha value is -2.88. The van der Waals surface area contributed by atoms with Crippen LogP contribution in [0.2, 0.25) is 0 Å². The van der Waals surface area contributed by atoms with E-state index in [4.69, 9.17) is 9.47 Å². The van der Waals surface area contributed by atoms with Crippen LogP contribution in [-0.4, -0.2) is 80.0 Å². The van der Waals surface area contributed by atoms with Crippen molar-refractivity contribution in [2.24, 2.45) is 0 Å². The fourth-order valence-electron chi connectivity index (χ4n) is 4.92. The summed E-state index contributed by atoms with van der Waals surface area (Å²) in [7, 11) is 3.24. The van der Waals surface area contributed by atoms with Gasteiger partial charge in [-0.3, -0.25) is 9.59 Å². The number of likely N-dealkylation sites (tertiary alicyclic amines) is 1. The number of halogens is 1. The van der Waals surface area contributed by atoms with Gasteiger partial charge in [0, 0.05) is 34.5 Å². The molecule has 1 fully saturated rings. The Morgan fingerprint density at radius 2 is 1.75 bits per heavy atom. The number of carbonyl (C=O) groups excluding carboxylic acids is 2. The Kier molecular flexibility index (Phi) is 11.0. The van der Waals surface area contributed by atoms with Crippen LogP contribution in [0, 0.1) is 6.92 Å². The van der Waals surface area contributed by atoms with Crippen molar-refractivity contribution in [1.82, 2.24) is 14.7 Å². The number of amides is 2. The summed E-state index contributed by atoms with van der Waals surface area (Å²) in [6.07, 6.45) is 3.02. The Morgan fingerprint density at radius 1 is 0.975 bits per heavy atom. The fourth-order valence-corrected chi connectivity index (χ4v) is 6.24. The van der Waals surface area contributed by atoms with Gasteiger partial charge in [-0.05, 0) is 92.2 Å². The zero-order valence-corrected chi connectivity index (χ0v) is 25.9. The summed E-state index contributed by atoms with van der Waals surface area (Å²) in [6, 6.07) is 15.3. The Balaban J connectivity index is 1.53. The van der Waals surface area contributed by atoms with Crippen LogP contribution in [0.1, 0.15) is 39.2 Å². The minimum atomic E-state index is -0.124. The highest BCUT2D eigenvalue weighted by Crippen LogP contribution is 2.28. The molecule has 0 atom stereocenters. The number of nitrogens with zero attached hydrogens (tertiary/aromatic N) is 3. The standard InChI is InChI=1S/C31H38BrN3O4S/c1-23-12-18-40-29(23)21-34(15-11-24-9-10-27(38-2)28(19-24)39-3)30(36)22-35(17-16-33-13-4-5-14-33)31(37)25-7-6-8-26(32)20-25/h6-10,12,18-20H,4-5,11,13-17,21-22H2,1-3H3. The molecule has 0 unspecified atom stereocenters. The van der Waals surface area contributed by atoms with Crippen LogP contribution >= 0.6 is 27.3 Å². The third kappa shape index (κ3) is 8.08. The van der Waals surface area contributed by atoms with Gasteiger partial charge in [0.05, 0.1) is 20.8 Å². The number of aryl methyl sites for hydroxylation is 1. The molecule has 2 amide bonds. The molecule has 0 aliphatic carbocycles. The minimum Gasteiger partial charge on any atom is -0.493 e. The van der Waals surface area contributed by atoms with Crippen molar-refractivity contribution in [3.8, 4) is 11.5 Å². The Labute approximate surface area is 249 Å². The number of rotatable bonds is 13. The Morgan fingerprint density at radius 3 is 2.42 bits per heavy atom. The number of benzene rings is 2. The molecule has 0 bridgehead atoms. The maximum atomic E-state index is 13.9. The van der Waals surface area contributed by atoms with Gasteiger partial charge in [0.1, 0.15) is 6.54 Å². The van der Waals surface area contributed by atoms with E-state index in [1.165, 1.54) is 18.4 Å². The number of thiophene rings is 1. The van der Waals surface area contributed by atoms with Gasteiger partial charge in [-0.1, -0.05) is 28.1 Å². The monoisotopic (exact) mass is 627 g/mol. The molecule has 2 heterocycles. The van der Waals surface area contributed by atoms with Gasteiger partial charge in [0.25, 0.3) is 5.91 Å². The van der Waals surface area contributed by atoms with Crippen LogP contribution < -0.4 is 9.47 Å².